The van der Waals surface area contributed by atoms with Crippen LogP contribution in [0, 0.1) is 5.82 Å². The second-order valence-corrected chi connectivity index (χ2v) is 9.90. The zero-order valence-electron chi connectivity index (χ0n) is 21.1. The molecule has 2 heterocycles. The van der Waals surface area contributed by atoms with E-state index in [9.17, 15) is 27.5 Å². The van der Waals surface area contributed by atoms with Crippen LogP contribution in [0.15, 0.2) is 48.5 Å². The maximum absolute atomic E-state index is 14.0. The van der Waals surface area contributed by atoms with Crippen molar-refractivity contribution in [1.29, 1.82) is 0 Å². The van der Waals surface area contributed by atoms with Crippen LogP contribution in [-0.2, 0) is 21.1 Å². The molecular formula is C27H34ClF4N3O3. The lowest BCUT2D eigenvalue weighted by atomic mass is 9.73. The number of benzene rings is 2. The van der Waals surface area contributed by atoms with Crippen molar-refractivity contribution in [3.63, 3.8) is 0 Å². The standard InChI is InChI=1S/C27H33F4N3O3.ClH/c28-23-15-20(14-22(16-23)27(29,30)31)24(18-35)37-19-26(21-6-2-1-3-7-21)8-12-34(13-9-26)32-25(36)17-33-10-4-5-11-33;/h1-3,6-7,14-16,24,35H,4-5,8-13,17-19H2,(H,32,36);1H. The maximum Gasteiger partial charge on any atom is 0.416 e. The van der Waals surface area contributed by atoms with Gasteiger partial charge in [-0.1, -0.05) is 30.3 Å². The quantitative estimate of drug-likeness (QED) is 0.444. The van der Waals surface area contributed by atoms with Crippen molar-refractivity contribution in [2.24, 2.45) is 0 Å². The minimum absolute atomic E-state index is 0. The second kappa shape index (κ2) is 13.2. The van der Waals surface area contributed by atoms with Crippen LogP contribution in [0.5, 0.6) is 0 Å². The molecule has 11 heteroatoms. The summed E-state index contributed by atoms with van der Waals surface area (Å²) in [5, 5.41) is 11.8. The Hall–Kier alpha value is -2.24. The average Bonchev–Trinajstić information content (AvgIpc) is 3.38. The van der Waals surface area contributed by atoms with E-state index in [2.05, 4.69) is 10.3 Å². The first kappa shape index (κ1) is 30.3. The summed E-state index contributed by atoms with van der Waals surface area (Å²) in [6, 6.07) is 11.9. The third kappa shape index (κ3) is 7.66. The number of hydrazine groups is 1. The molecule has 0 saturated carbocycles. The summed E-state index contributed by atoms with van der Waals surface area (Å²) in [4.78, 5) is 14.6. The molecule has 2 N–H and O–H groups in total. The molecule has 1 amide bonds. The van der Waals surface area contributed by atoms with Gasteiger partial charge in [0.25, 0.3) is 0 Å². The fourth-order valence-electron chi connectivity index (χ4n) is 5.19. The number of alkyl halides is 3. The van der Waals surface area contributed by atoms with Crippen molar-refractivity contribution in [3.8, 4) is 0 Å². The van der Waals surface area contributed by atoms with Crippen molar-refractivity contribution < 1.29 is 32.2 Å². The number of carbonyl (C=O) groups excluding carboxylic acids is 1. The fraction of sp³-hybridized carbons (Fsp3) is 0.519. The van der Waals surface area contributed by atoms with E-state index in [1.807, 2.05) is 35.3 Å². The lowest BCUT2D eigenvalue weighted by Gasteiger charge is -2.42. The van der Waals surface area contributed by atoms with Crippen LogP contribution < -0.4 is 5.43 Å². The lowest BCUT2D eigenvalue weighted by Crippen LogP contribution is -2.53. The monoisotopic (exact) mass is 559 g/mol. The summed E-state index contributed by atoms with van der Waals surface area (Å²) < 4.78 is 59.6. The molecule has 1 unspecified atom stereocenters. The van der Waals surface area contributed by atoms with E-state index in [0.717, 1.165) is 43.6 Å². The first-order chi connectivity index (χ1) is 17.7. The predicted molar refractivity (Wildman–Crippen MR) is 137 cm³/mol. The SMILES string of the molecule is Cl.O=C(CN1CCCC1)NN1CCC(COC(CO)c2cc(F)cc(C(F)(F)F)c2)(c2ccccc2)CC1. The molecule has 2 saturated heterocycles. The maximum atomic E-state index is 14.0. The smallest absolute Gasteiger partial charge is 0.393 e. The van der Waals surface area contributed by atoms with E-state index in [1.165, 1.54) is 0 Å². The highest BCUT2D eigenvalue weighted by molar-refractivity contribution is 5.85. The Morgan fingerprint density at radius 3 is 2.32 bits per heavy atom. The number of amides is 1. The molecule has 0 aromatic heterocycles. The number of nitrogens with one attached hydrogen (secondary N) is 1. The van der Waals surface area contributed by atoms with E-state index in [-0.39, 0.29) is 30.5 Å². The number of nitrogens with zero attached hydrogens (tertiary/aromatic N) is 2. The number of aliphatic hydroxyl groups excluding tert-OH is 1. The van der Waals surface area contributed by atoms with Gasteiger partial charge in [0.15, 0.2) is 0 Å². The van der Waals surface area contributed by atoms with Crippen LogP contribution in [-0.4, -0.2) is 66.9 Å². The summed E-state index contributed by atoms with van der Waals surface area (Å²) in [5.74, 6) is -1.08. The molecule has 2 aliphatic heterocycles. The third-order valence-corrected chi connectivity index (χ3v) is 7.30. The van der Waals surface area contributed by atoms with Crippen molar-refractivity contribution >= 4 is 18.3 Å². The van der Waals surface area contributed by atoms with Gasteiger partial charge in [0.05, 0.1) is 25.3 Å². The van der Waals surface area contributed by atoms with Crippen LogP contribution in [0.2, 0.25) is 0 Å². The topological polar surface area (TPSA) is 65.0 Å². The summed E-state index contributed by atoms with van der Waals surface area (Å²) in [7, 11) is 0. The molecule has 0 spiro atoms. The molecule has 0 radical (unpaired) electrons. The van der Waals surface area contributed by atoms with Crippen LogP contribution in [0.4, 0.5) is 17.6 Å². The van der Waals surface area contributed by atoms with Crippen molar-refractivity contribution in [2.45, 2.75) is 43.4 Å². The molecule has 2 aliphatic rings. The number of likely N-dealkylation sites (tertiary alicyclic amines) is 1. The molecule has 2 aromatic carbocycles. The number of halogens is 5. The second-order valence-electron chi connectivity index (χ2n) is 9.90. The number of rotatable bonds is 9. The van der Waals surface area contributed by atoms with Crippen LogP contribution in [0.3, 0.4) is 0 Å². The number of ether oxygens (including phenoxy) is 1. The summed E-state index contributed by atoms with van der Waals surface area (Å²) >= 11 is 0. The number of hydrogen-bond donors (Lipinski definition) is 2. The van der Waals surface area contributed by atoms with Gasteiger partial charge in [-0.15, -0.1) is 12.4 Å². The minimum atomic E-state index is -4.71. The summed E-state index contributed by atoms with van der Waals surface area (Å²) in [6.07, 6.45) is -2.37. The van der Waals surface area contributed by atoms with Gasteiger partial charge in [-0.2, -0.15) is 13.2 Å². The molecule has 210 valence electrons. The number of hydrogen-bond acceptors (Lipinski definition) is 5. The van der Waals surface area contributed by atoms with Gasteiger partial charge in [-0.25, -0.2) is 9.40 Å². The van der Waals surface area contributed by atoms with Crippen LogP contribution in [0.1, 0.15) is 48.5 Å². The number of piperidine rings is 1. The van der Waals surface area contributed by atoms with Crippen molar-refractivity contribution in [2.75, 3.05) is 45.9 Å². The van der Waals surface area contributed by atoms with Gasteiger partial charge < -0.3 is 9.84 Å². The van der Waals surface area contributed by atoms with E-state index in [0.29, 0.717) is 38.5 Å². The highest BCUT2D eigenvalue weighted by atomic mass is 35.5. The summed E-state index contributed by atoms with van der Waals surface area (Å²) in [6.45, 7) is 2.89. The van der Waals surface area contributed by atoms with Gasteiger partial charge in [0, 0.05) is 18.5 Å². The Balaban J connectivity index is 0.00000400. The molecule has 38 heavy (non-hydrogen) atoms. The van der Waals surface area contributed by atoms with Crippen LogP contribution >= 0.6 is 12.4 Å². The predicted octanol–water partition coefficient (Wildman–Crippen LogP) is 4.48. The van der Waals surface area contributed by atoms with Crippen molar-refractivity contribution in [3.05, 3.63) is 71.0 Å². The average molecular weight is 560 g/mol. The molecule has 6 nitrogen and oxygen atoms in total. The van der Waals surface area contributed by atoms with Gasteiger partial charge in [0.1, 0.15) is 11.9 Å². The van der Waals surface area contributed by atoms with Crippen molar-refractivity contribution in [1.82, 2.24) is 15.3 Å². The highest BCUT2D eigenvalue weighted by Crippen LogP contribution is 2.38. The Morgan fingerprint density at radius 2 is 1.71 bits per heavy atom. The molecule has 0 aliphatic carbocycles. The zero-order valence-corrected chi connectivity index (χ0v) is 21.9. The van der Waals surface area contributed by atoms with Crippen LogP contribution in [0.25, 0.3) is 0 Å². The zero-order chi connectivity index (χ0) is 26.5. The van der Waals surface area contributed by atoms with Gasteiger partial charge in [-0.3, -0.25) is 15.1 Å². The lowest BCUT2D eigenvalue weighted by molar-refractivity contribution is -0.138. The van der Waals surface area contributed by atoms with E-state index in [4.69, 9.17) is 4.74 Å². The number of carbonyl (C=O) groups is 1. The molecule has 2 aromatic rings. The molecule has 2 fully saturated rings. The molecule has 4 rings (SSSR count). The number of aliphatic hydroxyl groups is 1. The highest BCUT2D eigenvalue weighted by Gasteiger charge is 2.38. The first-order valence-corrected chi connectivity index (χ1v) is 12.6. The molecular weight excluding hydrogens is 526 g/mol. The largest absolute Gasteiger partial charge is 0.416 e. The Kier molecular flexibility index (Phi) is 10.5. The third-order valence-electron chi connectivity index (χ3n) is 7.30. The normalized spacial score (nSPS) is 19.1. The fourth-order valence-corrected chi connectivity index (χ4v) is 5.19. The first-order valence-electron chi connectivity index (χ1n) is 12.6. The summed E-state index contributed by atoms with van der Waals surface area (Å²) in [5.41, 5.74) is 2.32. The molecule has 1 atom stereocenters. The van der Waals surface area contributed by atoms with Gasteiger partial charge in [0.2, 0.25) is 5.91 Å². The van der Waals surface area contributed by atoms with E-state index in [1.54, 1.807) is 0 Å². The van der Waals surface area contributed by atoms with E-state index < -0.39 is 35.7 Å². The molecule has 0 bridgehead atoms. The van der Waals surface area contributed by atoms with Gasteiger partial charge in [-0.05, 0) is 68.1 Å². The Labute approximate surface area is 226 Å². The van der Waals surface area contributed by atoms with Gasteiger partial charge >= 0.3 is 6.18 Å². The minimum Gasteiger partial charge on any atom is -0.393 e. The Bertz CT molecular complexity index is 1040. The van der Waals surface area contributed by atoms with E-state index >= 15 is 0 Å². The Morgan fingerprint density at radius 1 is 1.05 bits per heavy atom.